The summed E-state index contributed by atoms with van der Waals surface area (Å²) in [6, 6.07) is 2.55. The molecular formula is C17H21F4NO. The van der Waals surface area contributed by atoms with E-state index >= 15 is 0 Å². The number of nitrogens with zero attached hydrogens (tertiary/aromatic N) is 1. The second-order valence-electron chi connectivity index (χ2n) is 7.71. The van der Waals surface area contributed by atoms with Gasteiger partial charge in [0.05, 0.1) is 12.2 Å². The number of rotatable bonds is 3. The quantitative estimate of drug-likeness (QED) is 0.854. The third kappa shape index (κ3) is 2.76. The normalized spacial score (nSPS) is 30.1. The first kappa shape index (κ1) is 16.7. The van der Waals surface area contributed by atoms with Gasteiger partial charge in [-0.1, -0.05) is 13.8 Å². The Bertz CT molecular complexity index is 613. The van der Waals surface area contributed by atoms with E-state index in [0.29, 0.717) is 19.0 Å². The molecule has 1 saturated carbocycles. The molecule has 0 radical (unpaired) electrons. The summed E-state index contributed by atoms with van der Waals surface area (Å²) in [5, 5.41) is 9.72. The van der Waals surface area contributed by atoms with E-state index in [1.807, 2.05) is 4.90 Å². The van der Waals surface area contributed by atoms with Gasteiger partial charge in [-0.15, -0.1) is 0 Å². The van der Waals surface area contributed by atoms with E-state index < -0.39 is 17.6 Å². The van der Waals surface area contributed by atoms with Crippen LogP contribution in [0.3, 0.4) is 0 Å². The van der Waals surface area contributed by atoms with E-state index in [2.05, 4.69) is 13.8 Å². The summed E-state index contributed by atoms with van der Waals surface area (Å²) in [5.74, 6) is -0.316. The number of aliphatic hydroxyl groups is 1. The summed E-state index contributed by atoms with van der Waals surface area (Å²) in [4.78, 5) is 1.97. The number of aliphatic hydroxyl groups excluding tert-OH is 1. The Labute approximate surface area is 133 Å². The van der Waals surface area contributed by atoms with Crippen molar-refractivity contribution in [2.45, 2.75) is 33.0 Å². The van der Waals surface area contributed by atoms with Crippen molar-refractivity contribution in [1.29, 1.82) is 0 Å². The molecule has 0 spiro atoms. The highest BCUT2D eigenvalue weighted by atomic mass is 19.4. The van der Waals surface area contributed by atoms with Crippen molar-refractivity contribution in [3.05, 3.63) is 35.1 Å². The minimum Gasteiger partial charge on any atom is -0.396 e. The molecule has 1 aliphatic heterocycles. The maximum absolute atomic E-state index is 13.9. The molecule has 1 aliphatic carbocycles. The molecule has 1 aromatic carbocycles. The van der Waals surface area contributed by atoms with Crippen molar-refractivity contribution in [3.63, 3.8) is 0 Å². The first-order valence-corrected chi connectivity index (χ1v) is 7.76. The van der Waals surface area contributed by atoms with Crippen LogP contribution >= 0.6 is 0 Å². The fourth-order valence-electron chi connectivity index (χ4n) is 4.68. The van der Waals surface area contributed by atoms with Crippen LogP contribution in [-0.2, 0) is 12.7 Å². The topological polar surface area (TPSA) is 23.5 Å². The monoisotopic (exact) mass is 331 g/mol. The summed E-state index contributed by atoms with van der Waals surface area (Å²) < 4.78 is 52.3. The molecule has 0 unspecified atom stereocenters. The number of alkyl halides is 3. The van der Waals surface area contributed by atoms with Gasteiger partial charge in [0.15, 0.2) is 0 Å². The molecule has 1 aromatic rings. The number of likely N-dealkylation sites (tertiary alicyclic amines) is 1. The SMILES string of the molecule is CC1(C)C[C@]2(CO)CN(Cc3cc(C(F)(F)F)ccc3F)C[C@H]12. The summed E-state index contributed by atoms with van der Waals surface area (Å²) in [7, 11) is 0. The van der Waals surface area contributed by atoms with Crippen LogP contribution < -0.4 is 0 Å². The summed E-state index contributed by atoms with van der Waals surface area (Å²) in [6.07, 6.45) is -3.58. The van der Waals surface area contributed by atoms with Gasteiger partial charge >= 0.3 is 6.18 Å². The summed E-state index contributed by atoms with van der Waals surface area (Å²) in [6.45, 7) is 5.78. The van der Waals surface area contributed by atoms with Crippen molar-refractivity contribution < 1.29 is 22.7 Å². The van der Waals surface area contributed by atoms with Crippen molar-refractivity contribution in [3.8, 4) is 0 Å². The molecule has 1 heterocycles. The van der Waals surface area contributed by atoms with Crippen LogP contribution in [0.5, 0.6) is 0 Å². The van der Waals surface area contributed by atoms with Crippen molar-refractivity contribution in [1.82, 2.24) is 4.90 Å². The van der Waals surface area contributed by atoms with E-state index in [-0.39, 0.29) is 29.5 Å². The van der Waals surface area contributed by atoms with Crippen LogP contribution in [0.2, 0.25) is 0 Å². The zero-order chi connectivity index (χ0) is 17.0. The predicted molar refractivity (Wildman–Crippen MR) is 78.1 cm³/mol. The van der Waals surface area contributed by atoms with Crippen molar-refractivity contribution in [2.24, 2.45) is 16.7 Å². The lowest BCUT2D eigenvalue weighted by atomic mass is 9.48. The zero-order valence-electron chi connectivity index (χ0n) is 13.3. The molecule has 128 valence electrons. The Hall–Kier alpha value is -1.14. The maximum atomic E-state index is 13.9. The lowest BCUT2D eigenvalue weighted by molar-refractivity contribution is -0.137. The Balaban J connectivity index is 1.79. The molecule has 1 saturated heterocycles. The number of hydrogen-bond donors (Lipinski definition) is 1. The van der Waals surface area contributed by atoms with Gasteiger partial charge in [-0.05, 0) is 36.0 Å². The van der Waals surface area contributed by atoms with Gasteiger partial charge in [0.1, 0.15) is 5.82 Å². The molecule has 1 N–H and O–H groups in total. The molecule has 2 aliphatic rings. The minimum absolute atomic E-state index is 0.0621. The third-order valence-electron chi connectivity index (χ3n) is 5.55. The van der Waals surface area contributed by atoms with Gasteiger partial charge in [-0.25, -0.2) is 4.39 Å². The predicted octanol–water partition coefficient (Wildman–Crippen LogP) is 3.68. The van der Waals surface area contributed by atoms with Crippen LogP contribution in [-0.4, -0.2) is 29.7 Å². The van der Waals surface area contributed by atoms with E-state index in [1.165, 1.54) is 0 Å². The van der Waals surface area contributed by atoms with Gasteiger partial charge in [0.2, 0.25) is 0 Å². The number of halogens is 4. The molecule has 6 heteroatoms. The first-order chi connectivity index (χ1) is 10.6. The van der Waals surface area contributed by atoms with Crippen LogP contribution in [0.15, 0.2) is 18.2 Å². The van der Waals surface area contributed by atoms with E-state index in [9.17, 15) is 22.7 Å². The van der Waals surface area contributed by atoms with Crippen LogP contribution in [0.4, 0.5) is 17.6 Å². The average molecular weight is 331 g/mol. The molecule has 0 amide bonds. The Morgan fingerprint density at radius 1 is 1.30 bits per heavy atom. The number of hydrogen-bond acceptors (Lipinski definition) is 2. The summed E-state index contributed by atoms with van der Waals surface area (Å²) >= 11 is 0. The summed E-state index contributed by atoms with van der Waals surface area (Å²) in [5.41, 5.74) is -0.828. The molecule has 0 aromatic heterocycles. The van der Waals surface area contributed by atoms with Gasteiger partial charge in [-0.3, -0.25) is 4.90 Å². The molecule has 2 nitrogen and oxygen atoms in total. The van der Waals surface area contributed by atoms with E-state index in [1.54, 1.807) is 0 Å². The van der Waals surface area contributed by atoms with Crippen molar-refractivity contribution in [2.75, 3.05) is 19.7 Å². The van der Waals surface area contributed by atoms with Crippen LogP contribution in [0.1, 0.15) is 31.4 Å². The first-order valence-electron chi connectivity index (χ1n) is 7.76. The minimum atomic E-state index is -4.47. The van der Waals surface area contributed by atoms with Gasteiger partial charge in [0.25, 0.3) is 0 Å². The average Bonchev–Trinajstić information content (AvgIpc) is 2.75. The highest BCUT2D eigenvalue weighted by Gasteiger charge is 2.62. The highest BCUT2D eigenvalue weighted by Crippen LogP contribution is 2.62. The zero-order valence-corrected chi connectivity index (χ0v) is 13.3. The fraction of sp³-hybridized carbons (Fsp3) is 0.647. The smallest absolute Gasteiger partial charge is 0.396 e. The molecule has 3 rings (SSSR count). The molecule has 0 bridgehead atoms. The van der Waals surface area contributed by atoms with Gasteiger partial charge < -0.3 is 5.11 Å². The largest absolute Gasteiger partial charge is 0.416 e. The lowest BCUT2D eigenvalue weighted by Gasteiger charge is -2.56. The molecule has 23 heavy (non-hydrogen) atoms. The van der Waals surface area contributed by atoms with Gasteiger partial charge in [-0.2, -0.15) is 13.2 Å². The van der Waals surface area contributed by atoms with Crippen molar-refractivity contribution >= 4 is 0 Å². The number of fused-ring (bicyclic) bond motifs is 1. The van der Waals surface area contributed by atoms with E-state index in [0.717, 1.165) is 24.6 Å². The molecule has 2 atom stereocenters. The fourth-order valence-corrected chi connectivity index (χ4v) is 4.68. The second-order valence-corrected chi connectivity index (χ2v) is 7.71. The lowest BCUT2D eigenvalue weighted by Crippen LogP contribution is -2.54. The highest BCUT2D eigenvalue weighted by molar-refractivity contribution is 5.27. The number of benzene rings is 1. The standard InChI is InChI=1S/C17H21F4NO/c1-15(2)8-16(10-23)9-22(7-14(15)16)6-11-5-12(17(19,20)21)3-4-13(11)18/h3-5,14,23H,6-10H2,1-2H3/t14-,16-/m1/s1. The van der Waals surface area contributed by atoms with E-state index in [4.69, 9.17) is 0 Å². The molecular weight excluding hydrogens is 310 g/mol. The van der Waals surface area contributed by atoms with Gasteiger partial charge in [0, 0.05) is 30.6 Å². The van der Waals surface area contributed by atoms with Crippen LogP contribution in [0.25, 0.3) is 0 Å². The van der Waals surface area contributed by atoms with Crippen LogP contribution in [0, 0.1) is 22.6 Å². The molecule has 2 fully saturated rings. The Morgan fingerprint density at radius 2 is 2.00 bits per heavy atom. The Morgan fingerprint density at radius 3 is 2.52 bits per heavy atom. The third-order valence-corrected chi connectivity index (χ3v) is 5.55. The maximum Gasteiger partial charge on any atom is 0.416 e. The second kappa shape index (κ2) is 5.18. The Kier molecular flexibility index (Phi) is 3.76.